The van der Waals surface area contributed by atoms with Gasteiger partial charge in [-0.1, -0.05) is 12.1 Å². The van der Waals surface area contributed by atoms with Crippen molar-refractivity contribution in [2.45, 2.75) is 25.4 Å². The average Bonchev–Trinajstić information content (AvgIpc) is 2.77. The van der Waals surface area contributed by atoms with E-state index in [2.05, 4.69) is 12.2 Å². The van der Waals surface area contributed by atoms with Crippen molar-refractivity contribution in [3.8, 4) is 0 Å². The number of hydrogen-bond acceptors (Lipinski definition) is 2. The Kier molecular flexibility index (Phi) is 2.48. The summed E-state index contributed by atoms with van der Waals surface area (Å²) in [5, 5.41) is 3.51. The fourth-order valence-corrected chi connectivity index (χ4v) is 2.42. The van der Waals surface area contributed by atoms with E-state index in [9.17, 15) is 4.39 Å². The lowest BCUT2D eigenvalue weighted by Crippen LogP contribution is -2.37. The molecule has 3 rings (SSSR count). The first-order valence-electron chi connectivity index (χ1n) is 5.82. The Morgan fingerprint density at radius 2 is 2.00 bits per heavy atom. The topological polar surface area (TPSA) is 25.2 Å². The van der Waals surface area contributed by atoms with Crippen LogP contribution >= 0.6 is 0 Å². The summed E-state index contributed by atoms with van der Waals surface area (Å²) in [6.07, 6.45) is 2.63. The summed E-state index contributed by atoms with van der Waals surface area (Å²) in [4.78, 5) is 0. The maximum absolute atomic E-state index is 12.9. The summed E-state index contributed by atoms with van der Waals surface area (Å²) < 4.78 is 18.4. The van der Waals surface area contributed by atoms with Gasteiger partial charge in [0.05, 0.1) is 12.3 Å². The lowest BCUT2D eigenvalue weighted by molar-refractivity contribution is 0.400. The van der Waals surface area contributed by atoms with Crippen molar-refractivity contribution >= 4 is 0 Å². The van der Waals surface area contributed by atoms with Crippen molar-refractivity contribution in [2.24, 2.45) is 0 Å². The maximum atomic E-state index is 12.9. The fraction of sp³-hybridized carbons (Fsp3) is 0.286. The number of hydrogen-bond donors (Lipinski definition) is 1. The normalized spacial score (nSPS) is 23.4. The van der Waals surface area contributed by atoms with Crippen LogP contribution in [0.4, 0.5) is 4.39 Å². The van der Waals surface area contributed by atoms with Crippen LogP contribution in [-0.4, -0.2) is 6.04 Å². The second-order valence-electron chi connectivity index (χ2n) is 4.56. The zero-order valence-electron chi connectivity index (χ0n) is 9.61. The number of halogens is 1. The smallest absolute Gasteiger partial charge is 0.123 e. The molecule has 1 aromatic heterocycles. The molecular formula is C14H14FNO. The van der Waals surface area contributed by atoms with Gasteiger partial charge in [-0.15, -0.1) is 0 Å². The van der Waals surface area contributed by atoms with E-state index in [0.29, 0.717) is 6.04 Å². The molecule has 0 spiro atoms. The van der Waals surface area contributed by atoms with Crippen LogP contribution in [-0.2, 0) is 6.42 Å². The third-order valence-corrected chi connectivity index (χ3v) is 3.24. The summed E-state index contributed by atoms with van der Waals surface area (Å²) in [5.74, 6) is 0.829. The van der Waals surface area contributed by atoms with Crippen molar-refractivity contribution in [1.82, 2.24) is 5.32 Å². The van der Waals surface area contributed by atoms with Crippen molar-refractivity contribution in [3.05, 3.63) is 59.3 Å². The molecule has 0 saturated heterocycles. The van der Waals surface area contributed by atoms with E-state index in [1.807, 2.05) is 18.2 Å². The highest BCUT2D eigenvalue weighted by Crippen LogP contribution is 2.31. The van der Waals surface area contributed by atoms with Crippen LogP contribution in [0.2, 0.25) is 0 Å². The van der Waals surface area contributed by atoms with Crippen LogP contribution in [0.25, 0.3) is 0 Å². The lowest BCUT2D eigenvalue weighted by atomic mass is 9.92. The van der Waals surface area contributed by atoms with E-state index in [0.717, 1.165) is 23.3 Å². The Morgan fingerprint density at radius 3 is 2.76 bits per heavy atom. The van der Waals surface area contributed by atoms with E-state index < -0.39 is 0 Å². The van der Waals surface area contributed by atoms with Gasteiger partial charge in [0.2, 0.25) is 0 Å². The van der Waals surface area contributed by atoms with Gasteiger partial charge in [-0.25, -0.2) is 4.39 Å². The van der Waals surface area contributed by atoms with Gasteiger partial charge in [-0.05, 0) is 30.7 Å². The lowest BCUT2D eigenvalue weighted by Gasteiger charge is -2.28. The Labute approximate surface area is 99.5 Å². The van der Waals surface area contributed by atoms with E-state index in [-0.39, 0.29) is 11.9 Å². The van der Waals surface area contributed by atoms with E-state index in [4.69, 9.17) is 4.42 Å². The maximum Gasteiger partial charge on any atom is 0.123 e. The highest BCUT2D eigenvalue weighted by molar-refractivity contribution is 5.35. The number of fused-ring (bicyclic) bond motifs is 1. The van der Waals surface area contributed by atoms with E-state index in [1.165, 1.54) is 12.1 Å². The molecule has 1 N–H and O–H groups in total. The summed E-state index contributed by atoms with van der Waals surface area (Å²) in [6.45, 7) is 2.13. The van der Waals surface area contributed by atoms with Crippen molar-refractivity contribution < 1.29 is 8.81 Å². The summed E-state index contributed by atoms with van der Waals surface area (Å²) in [7, 11) is 0. The first kappa shape index (κ1) is 10.5. The second-order valence-corrected chi connectivity index (χ2v) is 4.56. The third-order valence-electron chi connectivity index (χ3n) is 3.24. The molecule has 0 fully saturated rings. The molecule has 2 atom stereocenters. The zero-order chi connectivity index (χ0) is 11.8. The molecule has 2 nitrogen and oxygen atoms in total. The third kappa shape index (κ3) is 1.87. The molecule has 1 aliphatic rings. The van der Waals surface area contributed by atoms with Gasteiger partial charge in [0, 0.05) is 18.0 Å². The van der Waals surface area contributed by atoms with Gasteiger partial charge < -0.3 is 9.73 Å². The molecule has 2 heterocycles. The van der Waals surface area contributed by atoms with Gasteiger partial charge in [0.1, 0.15) is 11.6 Å². The predicted octanol–water partition coefficient (Wildman–Crippen LogP) is 3.04. The highest BCUT2D eigenvalue weighted by atomic mass is 19.1. The predicted molar refractivity (Wildman–Crippen MR) is 63.3 cm³/mol. The molecule has 0 saturated carbocycles. The van der Waals surface area contributed by atoms with Crippen molar-refractivity contribution in [3.63, 3.8) is 0 Å². The molecule has 17 heavy (non-hydrogen) atoms. The molecule has 0 amide bonds. The molecular weight excluding hydrogens is 217 g/mol. The van der Waals surface area contributed by atoms with Gasteiger partial charge in [0.15, 0.2) is 0 Å². The molecule has 0 aliphatic carbocycles. The summed E-state index contributed by atoms with van der Waals surface area (Å²) in [5.41, 5.74) is 2.23. The SMILES string of the molecule is CC1Cc2occc2C(c2ccc(F)cc2)N1. The molecule has 3 heteroatoms. The monoisotopic (exact) mass is 231 g/mol. The highest BCUT2D eigenvalue weighted by Gasteiger charge is 2.27. The van der Waals surface area contributed by atoms with E-state index >= 15 is 0 Å². The van der Waals surface area contributed by atoms with Crippen molar-refractivity contribution in [1.29, 1.82) is 0 Å². The number of rotatable bonds is 1. The minimum absolute atomic E-state index is 0.105. The second kappa shape index (κ2) is 4.00. The minimum Gasteiger partial charge on any atom is -0.469 e. The fourth-order valence-electron chi connectivity index (χ4n) is 2.42. The molecule has 2 aromatic rings. The Bertz CT molecular complexity index is 517. The zero-order valence-corrected chi connectivity index (χ0v) is 9.61. The molecule has 0 bridgehead atoms. The van der Waals surface area contributed by atoms with Crippen LogP contribution in [0.1, 0.15) is 29.9 Å². The first-order valence-corrected chi connectivity index (χ1v) is 5.82. The van der Waals surface area contributed by atoms with Gasteiger partial charge in [-0.3, -0.25) is 0 Å². The minimum atomic E-state index is -0.204. The molecule has 0 radical (unpaired) electrons. The number of furan rings is 1. The van der Waals surface area contributed by atoms with Crippen molar-refractivity contribution in [2.75, 3.05) is 0 Å². The van der Waals surface area contributed by atoms with Gasteiger partial charge >= 0.3 is 0 Å². The number of nitrogens with one attached hydrogen (secondary N) is 1. The van der Waals surface area contributed by atoms with Crippen LogP contribution in [0, 0.1) is 5.82 Å². The van der Waals surface area contributed by atoms with Crippen LogP contribution < -0.4 is 5.32 Å². The summed E-state index contributed by atoms with van der Waals surface area (Å²) >= 11 is 0. The standard InChI is InChI=1S/C14H14FNO/c1-9-8-13-12(6-7-17-13)14(16-9)10-2-4-11(15)5-3-10/h2-7,9,14,16H,8H2,1H3. The average molecular weight is 231 g/mol. The van der Waals surface area contributed by atoms with Crippen LogP contribution in [0.15, 0.2) is 41.0 Å². The molecule has 1 aliphatic heterocycles. The van der Waals surface area contributed by atoms with Gasteiger partial charge in [0.25, 0.3) is 0 Å². The van der Waals surface area contributed by atoms with E-state index in [1.54, 1.807) is 6.26 Å². The first-order chi connectivity index (χ1) is 8.24. The largest absolute Gasteiger partial charge is 0.469 e. The van der Waals surface area contributed by atoms with Crippen LogP contribution in [0.5, 0.6) is 0 Å². The number of benzene rings is 1. The molecule has 2 unspecified atom stereocenters. The van der Waals surface area contributed by atoms with Gasteiger partial charge in [-0.2, -0.15) is 0 Å². The summed E-state index contributed by atoms with van der Waals surface area (Å²) in [6, 6.07) is 9.09. The Hall–Kier alpha value is -1.61. The molecule has 1 aromatic carbocycles. The van der Waals surface area contributed by atoms with Crippen LogP contribution in [0.3, 0.4) is 0 Å². The molecule has 88 valence electrons. The Balaban J connectivity index is 2.01. The Morgan fingerprint density at radius 1 is 1.24 bits per heavy atom. The quantitative estimate of drug-likeness (QED) is 0.816.